The van der Waals surface area contributed by atoms with Crippen LogP contribution in [0.25, 0.3) is 0 Å². The van der Waals surface area contributed by atoms with Crippen molar-refractivity contribution >= 4 is 17.5 Å². The van der Waals surface area contributed by atoms with Gasteiger partial charge in [0.2, 0.25) is 0 Å². The van der Waals surface area contributed by atoms with Crippen molar-refractivity contribution < 1.29 is 4.79 Å². The van der Waals surface area contributed by atoms with Gasteiger partial charge in [-0.05, 0) is 30.5 Å². The summed E-state index contributed by atoms with van der Waals surface area (Å²) in [6.07, 6.45) is 4.78. The van der Waals surface area contributed by atoms with Gasteiger partial charge < -0.3 is 10.2 Å². The lowest BCUT2D eigenvalue weighted by Crippen LogP contribution is -2.27. The molecule has 0 saturated heterocycles. The minimum atomic E-state index is -0.347. The summed E-state index contributed by atoms with van der Waals surface area (Å²) >= 11 is 5.83. The Morgan fingerprint density at radius 3 is 2.52 bits per heavy atom. The van der Waals surface area contributed by atoms with E-state index in [1.54, 1.807) is 18.3 Å². The van der Waals surface area contributed by atoms with E-state index in [0.29, 0.717) is 11.6 Å². The molecule has 1 rings (SSSR count). The summed E-state index contributed by atoms with van der Waals surface area (Å²) in [5.74, 6) is -0.347. The van der Waals surface area contributed by atoms with Gasteiger partial charge in [-0.3, -0.25) is 4.79 Å². The second-order valence-electron chi connectivity index (χ2n) is 5.35. The van der Waals surface area contributed by atoms with Gasteiger partial charge in [0, 0.05) is 30.9 Å². The van der Waals surface area contributed by atoms with Crippen LogP contribution in [0.3, 0.4) is 0 Å². The normalized spacial score (nSPS) is 11.0. The third kappa shape index (κ3) is 7.21. The molecule has 0 radical (unpaired) electrons. The lowest BCUT2D eigenvalue weighted by atomic mass is 10.2. The van der Waals surface area contributed by atoms with Crippen LogP contribution >= 0.6 is 11.6 Å². The zero-order valence-corrected chi connectivity index (χ0v) is 14.6. The highest BCUT2D eigenvalue weighted by molar-refractivity contribution is 6.30. The molecule has 0 spiro atoms. The first-order chi connectivity index (χ1) is 11.1. The smallest absolute Gasteiger partial charge is 0.263 e. The van der Waals surface area contributed by atoms with E-state index in [-0.39, 0.29) is 11.5 Å². The van der Waals surface area contributed by atoms with Crippen LogP contribution in [-0.2, 0) is 11.3 Å². The molecule has 0 bridgehead atoms. The fraction of sp³-hybridized carbons (Fsp3) is 0.444. The highest BCUT2D eigenvalue weighted by Gasteiger charge is 2.10. The fourth-order valence-electron chi connectivity index (χ4n) is 2.09. The summed E-state index contributed by atoms with van der Waals surface area (Å²) in [6.45, 7) is 6.28. The first-order valence-corrected chi connectivity index (χ1v) is 8.37. The number of halogens is 1. The first kappa shape index (κ1) is 19.1. The highest BCUT2D eigenvalue weighted by atomic mass is 35.5. The third-order valence-corrected chi connectivity index (χ3v) is 3.60. The molecule has 1 aromatic carbocycles. The van der Waals surface area contributed by atoms with Crippen LogP contribution in [0.15, 0.2) is 36.0 Å². The van der Waals surface area contributed by atoms with Gasteiger partial charge in [-0.2, -0.15) is 5.26 Å². The van der Waals surface area contributed by atoms with Crippen molar-refractivity contribution in [2.75, 3.05) is 13.1 Å². The monoisotopic (exact) mass is 333 g/mol. The summed E-state index contributed by atoms with van der Waals surface area (Å²) < 4.78 is 0. The molecule has 1 N–H and O–H groups in total. The molecule has 0 aliphatic carbocycles. The molecule has 4 nitrogen and oxygen atoms in total. The number of nitrogens with zero attached hydrogens (tertiary/aromatic N) is 2. The number of carbonyl (C=O) groups excluding carboxylic acids is 1. The molecule has 1 amide bonds. The van der Waals surface area contributed by atoms with Crippen molar-refractivity contribution in [3.63, 3.8) is 0 Å². The third-order valence-electron chi connectivity index (χ3n) is 3.35. The number of benzene rings is 1. The Morgan fingerprint density at radius 2 is 1.96 bits per heavy atom. The molecular formula is C18H24ClN3O. The van der Waals surface area contributed by atoms with E-state index in [0.717, 1.165) is 37.9 Å². The van der Waals surface area contributed by atoms with E-state index in [1.165, 1.54) is 0 Å². The Hall–Kier alpha value is -1.99. The second-order valence-corrected chi connectivity index (χ2v) is 5.79. The quantitative estimate of drug-likeness (QED) is 0.551. The molecule has 0 fully saturated rings. The molecule has 0 heterocycles. The number of nitrogens with one attached hydrogen (secondary N) is 1. The molecule has 0 atom stereocenters. The van der Waals surface area contributed by atoms with Crippen molar-refractivity contribution in [2.24, 2.45) is 0 Å². The maximum absolute atomic E-state index is 12.2. The van der Waals surface area contributed by atoms with Gasteiger partial charge in [-0.25, -0.2) is 0 Å². The molecule has 0 saturated carbocycles. The van der Waals surface area contributed by atoms with Crippen LogP contribution in [0.4, 0.5) is 0 Å². The lowest BCUT2D eigenvalue weighted by Gasteiger charge is -2.19. The maximum Gasteiger partial charge on any atom is 0.263 e. The average Bonchev–Trinajstić information content (AvgIpc) is 2.56. The van der Waals surface area contributed by atoms with Gasteiger partial charge in [0.1, 0.15) is 11.6 Å². The Bertz CT molecular complexity index is 561. The summed E-state index contributed by atoms with van der Waals surface area (Å²) in [5, 5.41) is 12.7. The highest BCUT2D eigenvalue weighted by Crippen LogP contribution is 2.09. The number of carbonyl (C=O) groups is 1. The van der Waals surface area contributed by atoms with Crippen molar-refractivity contribution in [3.8, 4) is 6.07 Å². The number of nitriles is 1. The van der Waals surface area contributed by atoms with Crippen molar-refractivity contribution in [1.82, 2.24) is 10.2 Å². The standard InChI is InChI=1S/C18H24ClN3O/c1-3-5-11-22(10-4-2)14-16(12-20)18(23)21-13-15-6-8-17(19)9-7-15/h6-9,14H,3-5,10-11,13H2,1-2H3,(H,21,23)/b16-14-. The molecule has 124 valence electrons. The predicted octanol–water partition coefficient (Wildman–Crippen LogP) is 3.88. The number of hydrogen-bond acceptors (Lipinski definition) is 3. The summed E-state index contributed by atoms with van der Waals surface area (Å²) in [6, 6.07) is 9.25. The topological polar surface area (TPSA) is 56.1 Å². The molecule has 23 heavy (non-hydrogen) atoms. The Labute approximate surface area is 143 Å². The molecule has 0 aromatic heterocycles. The van der Waals surface area contributed by atoms with Crippen LogP contribution in [-0.4, -0.2) is 23.9 Å². The summed E-state index contributed by atoms with van der Waals surface area (Å²) in [4.78, 5) is 14.2. The van der Waals surface area contributed by atoms with E-state index in [2.05, 4.69) is 19.2 Å². The summed E-state index contributed by atoms with van der Waals surface area (Å²) in [5.41, 5.74) is 1.08. The van der Waals surface area contributed by atoms with E-state index in [9.17, 15) is 10.1 Å². The first-order valence-electron chi connectivity index (χ1n) is 7.99. The second kappa shape index (κ2) is 10.7. The lowest BCUT2D eigenvalue weighted by molar-refractivity contribution is -0.117. The van der Waals surface area contributed by atoms with Crippen LogP contribution in [0.2, 0.25) is 5.02 Å². The molecule has 0 unspecified atom stereocenters. The summed E-state index contributed by atoms with van der Waals surface area (Å²) in [7, 11) is 0. The van der Waals surface area contributed by atoms with Gasteiger partial charge in [0.25, 0.3) is 5.91 Å². The van der Waals surface area contributed by atoms with Crippen LogP contribution < -0.4 is 5.32 Å². The maximum atomic E-state index is 12.2. The molecule has 0 aliphatic heterocycles. The minimum absolute atomic E-state index is 0.142. The largest absolute Gasteiger partial charge is 0.376 e. The van der Waals surface area contributed by atoms with E-state index in [4.69, 9.17) is 11.6 Å². The van der Waals surface area contributed by atoms with Crippen molar-refractivity contribution in [2.45, 2.75) is 39.7 Å². The van der Waals surface area contributed by atoms with Gasteiger partial charge in [-0.15, -0.1) is 0 Å². The van der Waals surface area contributed by atoms with E-state index < -0.39 is 0 Å². The fourth-order valence-corrected chi connectivity index (χ4v) is 2.22. The van der Waals surface area contributed by atoms with Gasteiger partial charge >= 0.3 is 0 Å². The zero-order chi connectivity index (χ0) is 17.1. The Morgan fingerprint density at radius 1 is 1.26 bits per heavy atom. The van der Waals surface area contributed by atoms with Crippen LogP contribution in [0, 0.1) is 11.3 Å². The average molecular weight is 334 g/mol. The number of amides is 1. The van der Waals surface area contributed by atoms with Crippen molar-refractivity contribution in [1.29, 1.82) is 5.26 Å². The molecule has 0 aliphatic rings. The number of hydrogen-bond donors (Lipinski definition) is 1. The van der Waals surface area contributed by atoms with Gasteiger partial charge in [-0.1, -0.05) is 44.0 Å². The number of unbranched alkanes of at least 4 members (excludes halogenated alkanes) is 1. The van der Waals surface area contributed by atoms with E-state index >= 15 is 0 Å². The Kier molecular flexibility index (Phi) is 8.86. The minimum Gasteiger partial charge on any atom is -0.376 e. The Balaban J connectivity index is 2.66. The predicted molar refractivity (Wildman–Crippen MR) is 93.8 cm³/mol. The number of rotatable bonds is 9. The molecule has 1 aromatic rings. The van der Waals surface area contributed by atoms with Crippen LogP contribution in [0.1, 0.15) is 38.7 Å². The zero-order valence-electron chi connectivity index (χ0n) is 13.8. The van der Waals surface area contributed by atoms with Crippen LogP contribution in [0.5, 0.6) is 0 Å². The molecular weight excluding hydrogens is 310 g/mol. The van der Waals surface area contributed by atoms with Gasteiger partial charge in [0.05, 0.1) is 0 Å². The van der Waals surface area contributed by atoms with E-state index in [1.807, 2.05) is 23.1 Å². The van der Waals surface area contributed by atoms with Gasteiger partial charge in [0.15, 0.2) is 0 Å². The SMILES string of the molecule is CCCCN(/C=C(/C#N)C(=O)NCc1ccc(Cl)cc1)CCC. The van der Waals surface area contributed by atoms with Crippen molar-refractivity contribution in [3.05, 3.63) is 46.6 Å². The molecule has 5 heteroatoms.